The van der Waals surface area contributed by atoms with Gasteiger partial charge < -0.3 is 5.32 Å². The maximum absolute atomic E-state index is 12.8. The van der Waals surface area contributed by atoms with Gasteiger partial charge in [0.25, 0.3) is 0 Å². The number of carbonyl (C=O) groups is 1. The Labute approximate surface area is 170 Å². The molecule has 0 aliphatic heterocycles. The highest BCUT2D eigenvalue weighted by Gasteiger charge is 2.24. The van der Waals surface area contributed by atoms with Gasteiger partial charge in [-0.25, -0.2) is 8.42 Å². The van der Waals surface area contributed by atoms with Crippen LogP contribution in [0.2, 0.25) is 5.02 Å². The Hall–Kier alpha value is -2.41. The minimum absolute atomic E-state index is 0.159. The van der Waals surface area contributed by atoms with Crippen LogP contribution >= 0.6 is 11.6 Å². The Bertz CT molecular complexity index is 1100. The van der Waals surface area contributed by atoms with Gasteiger partial charge in [-0.05, 0) is 47.5 Å². The van der Waals surface area contributed by atoms with E-state index in [1.807, 2.05) is 43.3 Å². The smallest absolute Gasteiger partial charge is 0.243 e. The number of fused-ring (bicyclic) bond motifs is 1. The zero-order chi connectivity index (χ0) is 20.3. The van der Waals surface area contributed by atoms with Crippen molar-refractivity contribution in [3.05, 3.63) is 77.3 Å². The average molecular weight is 417 g/mol. The second kappa shape index (κ2) is 8.31. The molecule has 1 atom stereocenters. The van der Waals surface area contributed by atoms with Crippen molar-refractivity contribution in [3.63, 3.8) is 0 Å². The maximum atomic E-state index is 12.8. The third-order valence-electron chi connectivity index (χ3n) is 4.54. The summed E-state index contributed by atoms with van der Waals surface area (Å²) in [6, 6.07) is 19.3. The largest absolute Gasteiger partial charge is 0.348 e. The molecule has 3 rings (SSSR count). The van der Waals surface area contributed by atoms with Gasteiger partial charge in [0.2, 0.25) is 15.9 Å². The van der Waals surface area contributed by atoms with Crippen molar-refractivity contribution in [2.24, 2.45) is 0 Å². The summed E-state index contributed by atoms with van der Waals surface area (Å²) in [5, 5.41) is 5.21. The van der Waals surface area contributed by atoms with Gasteiger partial charge in [0, 0.05) is 12.1 Å². The van der Waals surface area contributed by atoms with E-state index in [2.05, 4.69) is 5.32 Å². The van der Waals surface area contributed by atoms with Crippen molar-refractivity contribution in [2.45, 2.75) is 17.9 Å². The first-order valence-corrected chi connectivity index (χ1v) is 10.6. The highest BCUT2D eigenvalue weighted by atomic mass is 35.5. The zero-order valence-electron chi connectivity index (χ0n) is 15.6. The molecule has 3 aromatic rings. The topological polar surface area (TPSA) is 66.5 Å². The maximum Gasteiger partial charge on any atom is 0.243 e. The molecule has 1 N–H and O–H groups in total. The molecular weight excluding hydrogens is 396 g/mol. The lowest BCUT2D eigenvalue weighted by atomic mass is 10.1. The number of benzene rings is 3. The number of hydrogen-bond acceptors (Lipinski definition) is 3. The minimum Gasteiger partial charge on any atom is -0.348 e. The summed E-state index contributed by atoms with van der Waals surface area (Å²) in [5.74, 6) is -0.380. The number of carbonyl (C=O) groups excluding carboxylic acids is 1. The average Bonchev–Trinajstić information content (AvgIpc) is 2.67. The summed E-state index contributed by atoms with van der Waals surface area (Å²) in [6.07, 6.45) is 0. The third-order valence-corrected chi connectivity index (χ3v) is 6.59. The van der Waals surface area contributed by atoms with Gasteiger partial charge in [0.05, 0.1) is 17.5 Å². The summed E-state index contributed by atoms with van der Waals surface area (Å²) in [6.45, 7) is 1.56. The lowest BCUT2D eigenvalue weighted by Crippen LogP contribution is -2.39. The molecule has 3 aromatic carbocycles. The molecule has 28 heavy (non-hydrogen) atoms. The van der Waals surface area contributed by atoms with E-state index in [1.165, 1.54) is 7.05 Å². The lowest BCUT2D eigenvalue weighted by Gasteiger charge is -2.19. The molecule has 5 nitrogen and oxygen atoms in total. The van der Waals surface area contributed by atoms with E-state index in [9.17, 15) is 13.2 Å². The minimum atomic E-state index is -3.78. The van der Waals surface area contributed by atoms with Gasteiger partial charge in [-0.1, -0.05) is 54.1 Å². The van der Waals surface area contributed by atoms with E-state index in [4.69, 9.17) is 11.6 Å². The summed E-state index contributed by atoms with van der Waals surface area (Å²) >= 11 is 5.87. The van der Waals surface area contributed by atoms with E-state index in [1.54, 1.807) is 30.3 Å². The Balaban J connectivity index is 1.70. The molecule has 0 saturated carbocycles. The van der Waals surface area contributed by atoms with E-state index in [-0.39, 0.29) is 23.4 Å². The predicted molar refractivity (Wildman–Crippen MR) is 112 cm³/mol. The van der Waals surface area contributed by atoms with E-state index >= 15 is 0 Å². The highest BCUT2D eigenvalue weighted by Crippen LogP contribution is 2.21. The zero-order valence-corrected chi connectivity index (χ0v) is 17.2. The fourth-order valence-corrected chi connectivity index (χ4v) is 4.21. The van der Waals surface area contributed by atoms with Gasteiger partial charge in [-0.15, -0.1) is 0 Å². The van der Waals surface area contributed by atoms with Crippen molar-refractivity contribution in [1.82, 2.24) is 9.62 Å². The molecule has 0 fully saturated rings. The highest BCUT2D eigenvalue weighted by molar-refractivity contribution is 7.89. The summed E-state index contributed by atoms with van der Waals surface area (Å²) in [4.78, 5) is 12.5. The van der Waals surface area contributed by atoms with Crippen LogP contribution in [-0.4, -0.2) is 32.2 Å². The molecule has 0 aliphatic rings. The summed E-state index contributed by atoms with van der Waals surface area (Å²) in [5.41, 5.74) is 0.887. The fourth-order valence-electron chi connectivity index (χ4n) is 2.92. The van der Waals surface area contributed by atoms with Crippen molar-refractivity contribution < 1.29 is 13.2 Å². The van der Waals surface area contributed by atoms with Crippen LogP contribution in [0.3, 0.4) is 0 Å². The molecule has 0 aromatic heterocycles. The monoisotopic (exact) mass is 416 g/mol. The molecule has 0 bridgehead atoms. The molecule has 0 heterocycles. The van der Waals surface area contributed by atoms with Crippen molar-refractivity contribution in [1.29, 1.82) is 0 Å². The van der Waals surface area contributed by atoms with Crippen LogP contribution in [0.5, 0.6) is 0 Å². The fraction of sp³-hybridized carbons (Fsp3) is 0.190. The van der Waals surface area contributed by atoms with Crippen LogP contribution in [0.1, 0.15) is 18.5 Å². The van der Waals surface area contributed by atoms with Crippen LogP contribution in [0.15, 0.2) is 71.6 Å². The molecule has 0 radical (unpaired) electrons. The standard InChI is InChI=1S/C21H21ClN2O3S/c1-15(16-7-10-19(22)11-8-16)23-21(25)14-24(2)28(26,27)20-12-9-17-5-3-4-6-18(17)13-20/h3-13,15H,14H2,1-2H3,(H,23,25). The van der Waals surface area contributed by atoms with Gasteiger partial charge in [-0.3, -0.25) is 4.79 Å². The third kappa shape index (κ3) is 4.52. The van der Waals surface area contributed by atoms with Gasteiger partial charge in [-0.2, -0.15) is 4.31 Å². The molecule has 7 heteroatoms. The number of amides is 1. The number of halogens is 1. The summed E-state index contributed by atoms with van der Waals surface area (Å²) < 4.78 is 26.7. The van der Waals surface area contributed by atoms with E-state index in [0.29, 0.717) is 5.02 Å². The van der Waals surface area contributed by atoms with Gasteiger partial charge >= 0.3 is 0 Å². The molecule has 1 amide bonds. The molecular formula is C21H21ClN2O3S. The lowest BCUT2D eigenvalue weighted by molar-refractivity contribution is -0.121. The molecule has 0 saturated heterocycles. The molecule has 0 spiro atoms. The van der Waals surface area contributed by atoms with Crippen molar-refractivity contribution >= 4 is 38.3 Å². The Kier molecular flexibility index (Phi) is 6.03. The van der Waals surface area contributed by atoms with Crippen LogP contribution in [0.25, 0.3) is 10.8 Å². The van der Waals surface area contributed by atoms with Crippen LogP contribution in [0.4, 0.5) is 0 Å². The van der Waals surface area contributed by atoms with Gasteiger partial charge in [0.15, 0.2) is 0 Å². The molecule has 146 valence electrons. The molecule has 1 unspecified atom stereocenters. The summed E-state index contributed by atoms with van der Waals surface area (Å²) in [7, 11) is -2.38. The Morgan fingerprint density at radius 1 is 1.04 bits per heavy atom. The quantitative estimate of drug-likeness (QED) is 0.660. The number of nitrogens with zero attached hydrogens (tertiary/aromatic N) is 1. The second-order valence-electron chi connectivity index (χ2n) is 6.61. The number of likely N-dealkylation sites (N-methyl/N-ethyl adjacent to an activating group) is 1. The second-order valence-corrected chi connectivity index (χ2v) is 9.09. The Morgan fingerprint density at radius 2 is 1.68 bits per heavy atom. The first-order chi connectivity index (χ1) is 13.3. The van der Waals surface area contributed by atoms with Crippen LogP contribution in [0, 0.1) is 0 Å². The Morgan fingerprint density at radius 3 is 2.36 bits per heavy atom. The van der Waals surface area contributed by atoms with Crippen LogP contribution in [-0.2, 0) is 14.8 Å². The van der Waals surface area contributed by atoms with Crippen LogP contribution < -0.4 is 5.32 Å². The molecule has 0 aliphatic carbocycles. The number of sulfonamides is 1. The number of hydrogen-bond donors (Lipinski definition) is 1. The predicted octanol–water partition coefficient (Wildman–Crippen LogP) is 3.99. The first-order valence-electron chi connectivity index (χ1n) is 8.77. The first kappa shape index (κ1) is 20.3. The van der Waals surface area contributed by atoms with Crippen molar-refractivity contribution in [2.75, 3.05) is 13.6 Å². The normalized spacial score (nSPS) is 12.9. The number of rotatable bonds is 6. The van der Waals surface area contributed by atoms with Gasteiger partial charge in [0.1, 0.15) is 0 Å². The van der Waals surface area contributed by atoms with Crippen molar-refractivity contribution in [3.8, 4) is 0 Å². The van der Waals surface area contributed by atoms with E-state index in [0.717, 1.165) is 20.6 Å². The van der Waals surface area contributed by atoms with E-state index < -0.39 is 10.0 Å². The number of nitrogens with one attached hydrogen (secondary N) is 1. The SMILES string of the molecule is CC(NC(=O)CN(C)S(=O)(=O)c1ccc2ccccc2c1)c1ccc(Cl)cc1.